The molecule has 7 aromatic carbocycles. The molecule has 0 radical (unpaired) electrons. The first-order valence-corrected chi connectivity index (χ1v) is 44.2. The molecular weight excluding hydrogens is 1810 g/mol. The first-order valence-electron chi connectivity index (χ1n) is 42.1. The number of phenolic OH excluding ortho intramolecular Hbond substituents is 3. The van der Waals surface area contributed by atoms with E-state index < -0.39 is 289 Å². The first kappa shape index (κ1) is 98.8. The highest BCUT2D eigenvalue weighted by Gasteiger charge is 2.53. The number of thioether (sulfide) groups is 1. The van der Waals surface area contributed by atoms with E-state index >= 15 is 28.8 Å². The number of nitrogens with two attached hydrogens (primary N) is 3. The molecule has 3 saturated heterocycles. The fourth-order valence-electron chi connectivity index (χ4n) is 16.5. The molecule has 15 rings (SSSR count). The molecule has 708 valence electrons. The van der Waals surface area contributed by atoms with E-state index in [2.05, 4.69) is 47.9 Å². The first-order chi connectivity index (χ1) is 62.6. The van der Waals surface area contributed by atoms with Crippen LogP contribution in [0.5, 0.6) is 46.0 Å². The zero-order valence-corrected chi connectivity index (χ0v) is 74.9. The van der Waals surface area contributed by atoms with Gasteiger partial charge in [0.05, 0.1) is 65.4 Å². The van der Waals surface area contributed by atoms with E-state index in [9.17, 15) is 65.4 Å². The predicted molar refractivity (Wildman–Crippen MR) is 474 cm³/mol. The Morgan fingerprint density at radius 3 is 1.89 bits per heavy atom. The van der Waals surface area contributed by atoms with Gasteiger partial charge in [-0.25, -0.2) is 0 Å². The molecule has 0 aliphatic carbocycles. The van der Waals surface area contributed by atoms with Gasteiger partial charge in [-0.2, -0.15) is 0 Å². The normalized spacial score (nSPS) is 29.0. The van der Waals surface area contributed by atoms with Crippen molar-refractivity contribution < 1.29 is 132 Å². The van der Waals surface area contributed by atoms with Gasteiger partial charge in [-0.3, -0.25) is 43.2 Å². The number of rotatable bonds is 23. The monoisotopic (exact) mass is 1910 g/mol. The number of phenols is 3. The number of aliphatic hydroxyl groups excluding tert-OH is 7. The average Bonchev–Trinajstić information content (AvgIpc) is 0.747. The number of carbonyl (C=O) groups is 9. The Kier molecular flexibility index (Phi) is 31.4. The van der Waals surface area contributed by atoms with E-state index in [1.54, 1.807) is 26.0 Å². The lowest BCUT2D eigenvalue weighted by atomic mass is 9.84. The summed E-state index contributed by atoms with van der Waals surface area (Å²) in [5, 5.41) is 140. The van der Waals surface area contributed by atoms with Gasteiger partial charge in [-0.1, -0.05) is 101 Å². The summed E-state index contributed by atoms with van der Waals surface area (Å²) >= 11 is 21.3. The quantitative estimate of drug-likeness (QED) is 0.0437. The SMILES string of the molecule is CN[C@H](CC(C)O)C(=O)N[C@H]1C(=O)N[C@@H](CC(N)=O)C(=O)N[C@H]2C(=O)N[C@H]3C(=O)N[C@H](C(=O)N[C@H](C(=O)SCC(=O)NCCN)c4cc(O)cc(O)c4-c4cc3ccc4O)[C@H](O[C@H]3C[C@](C)(N)[C@@H](O)[C@H](C)O3)c3ccc(c(Cl)c3)Oc3cc2cc(c3O[C@@H]2O[C@H](CO)[C@@H](O)[C@H](O)[C@H]2O[C@H]2C[C@](C)(NCc3ccc(-c4ccc(Cl)cc4)cc3)[C@@H](O)[C@H](C)O2)Oc2ccc(cc2Cl)[C@H]1O. The molecule has 25 N–H and O–H groups in total. The van der Waals surface area contributed by atoms with E-state index in [1.165, 1.54) is 58.2 Å². The Balaban J connectivity index is 1.02. The maximum Gasteiger partial charge on any atom is 0.248 e. The lowest BCUT2D eigenvalue weighted by Gasteiger charge is -2.48. The number of fused-ring (bicyclic) bond motifs is 15. The van der Waals surface area contributed by atoms with Gasteiger partial charge in [0.1, 0.15) is 95.5 Å². The average molecular weight is 1910 g/mol. The lowest BCUT2D eigenvalue weighted by Crippen LogP contribution is -2.65. The molecule has 8 heterocycles. The van der Waals surface area contributed by atoms with Crippen LogP contribution in [-0.4, -0.2) is 245 Å². The summed E-state index contributed by atoms with van der Waals surface area (Å²) in [6.07, 6.45) is -24.9. The fraction of sp³-hybridized carbons (Fsp3) is 0.427. The summed E-state index contributed by atoms with van der Waals surface area (Å²) in [5.41, 5.74) is 15.4. The van der Waals surface area contributed by atoms with Crippen molar-refractivity contribution in [3.63, 3.8) is 0 Å². The number of amides is 8. The van der Waals surface area contributed by atoms with Crippen LogP contribution >= 0.6 is 46.6 Å². The van der Waals surface area contributed by atoms with Gasteiger partial charge in [0.2, 0.25) is 64.4 Å². The van der Waals surface area contributed by atoms with Gasteiger partial charge in [0.15, 0.2) is 30.2 Å². The molecule has 132 heavy (non-hydrogen) atoms. The summed E-state index contributed by atoms with van der Waals surface area (Å²) in [7, 11) is 1.36. The Morgan fingerprint density at radius 2 is 1.27 bits per heavy atom. The number of ether oxygens (including phenoxy) is 8. The number of aliphatic hydroxyl groups is 7. The summed E-state index contributed by atoms with van der Waals surface area (Å²) in [6.45, 7) is 6.73. The Hall–Kier alpha value is -10.7. The van der Waals surface area contributed by atoms with Gasteiger partial charge in [0, 0.05) is 65.8 Å². The van der Waals surface area contributed by atoms with E-state index in [-0.39, 0.29) is 55.6 Å². The number of hydrogen-bond donors (Lipinski definition) is 22. The molecule has 3 fully saturated rings. The second kappa shape index (κ2) is 41.9. The molecule has 39 nitrogen and oxygen atoms in total. The van der Waals surface area contributed by atoms with Crippen molar-refractivity contribution in [1.29, 1.82) is 0 Å². The Bertz CT molecular complexity index is 5480. The minimum absolute atomic E-state index is 0.00257. The highest BCUT2D eigenvalue weighted by Crippen LogP contribution is 2.51. The van der Waals surface area contributed by atoms with Gasteiger partial charge in [-0.05, 0) is 159 Å². The Labute approximate surface area is 774 Å². The van der Waals surface area contributed by atoms with Gasteiger partial charge >= 0.3 is 0 Å². The molecule has 43 heteroatoms. The molecule has 23 atom stereocenters. The van der Waals surface area contributed by atoms with Crippen LogP contribution in [0.3, 0.4) is 0 Å². The van der Waals surface area contributed by atoms with Crippen molar-refractivity contribution in [3.8, 4) is 68.2 Å². The Morgan fingerprint density at radius 1 is 0.659 bits per heavy atom. The third-order valence-corrected chi connectivity index (χ3v) is 25.4. The number of carbonyl (C=O) groups excluding carboxylic acids is 9. The van der Waals surface area contributed by atoms with Crippen molar-refractivity contribution >= 4 is 98.9 Å². The predicted octanol–water partition coefficient (Wildman–Crippen LogP) is 2.47. The molecule has 1 unspecified atom stereocenters. The van der Waals surface area contributed by atoms with Crippen LogP contribution in [0.25, 0.3) is 22.3 Å². The van der Waals surface area contributed by atoms with Crippen LogP contribution < -0.4 is 79.3 Å². The number of nitrogens with one attached hydrogen (secondary N) is 9. The summed E-state index contributed by atoms with van der Waals surface area (Å²) in [4.78, 5) is 136. The molecule has 8 aliphatic rings. The fourth-order valence-corrected chi connectivity index (χ4v) is 17.8. The van der Waals surface area contributed by atoms with Crippen molar-refractivity contribution in [1.82, 2.24) is 47.9 Å². The summed E-state index contributed by atoms with van der Waals surface area (Å²) in [5.74, 6) is -15.9. The van der Waals surface area contributed by atoms with Gasteiger partial charge in [-0.15, -0.1) is 0 Å². The standard InChI is InChI=1S/C89H103Cl3N12O27S/c1-37(106)23-53(96-6)80(117)103-70-72(112)44-14-19-57(51(91)25-44)126-59-27-46-28-60(76(59)131-87-77(74(114)73(113)61(35-105)128-87)130-65-33-89(5,79(116)39(3)125-65)98-34-40-7-9-41(10-8-40)42-11-16-47(90)17-12-42)127-58-20-15-45(26-52(58)92)75(129-64-32-88(4,95)78(115)38(2)124-64)71-85(122)102-69(86(123)132-36-63(111)97-22-21-93)50-29-48(107)30-56(109)66(50)49-24-43(13-18-55(49)108)67(82(119)104-71)101-83(120)68(46)100-81(118)54(31-62(94)110)99-84(70)121/h7-20,24-30,37-39,53-54,61,64-65,67-75,77-79,87,96,98,105-109,112-116H,21-23,31-36,93,95H2,1-6H3,(H2,94,110)(H,97,111)(H,99,121)(H,100,118)(H,101,120)(H,102,122)(H,103,117)(H,104,119)/t37?,38-,39-,53+,54-,61+,64-,65-,67+,68+,69-,70+,71-,72+,73+,74-,75+,77+,78-,79-,87-,88-,89-/m0/s1. The second-order valence-electron chi connectivity index (χ2n) is 33.6. The molecule has 11 bridgehead atoms. The van der Waals surface area contributed by atoms with E-state index in [0.29, 0.717) is 16.8 Å². The zero-order valence-electron chi connectivity index (χ0n) is 71.8. The molecule has 8 amide bonds. The smallest absolute Gasteiger partial charge is 0.248 e. The van der Waals surface area contributed by atoms with Crippen LogP contribution in [0, 0.1) is 0 Å². The number of primary amides is 1. The van der Waals surface area contributed by atoms with Crippen LogP contribution in [0.2, 0.25) is 15.1 Å². The van der Waals surface area contributed by atoms with Crippen molar-refractivity contribution in [2.45, 2.75) is 206 Å². The highest BCUT2D eigenvalue weighted by molar-refractivity contribution is 8.14. The van der Waals surface area contributed by atoms with Gasteiger partial charge < -0.3 is 154 Å². The molecule has 7 aromatic rings. The van der Waals surface area contributed by atoms with Crippen LogP contribution in [0.1, 0.15) is 124 Å². The molecule has 0 aromatic heterocycles. The maximum atomic E-state index is 16.7. The molecule has 8 aliphatic heterocycles. The number of aromatic hydroxyl groups is 3. The largest absolute Gasteiger partial charge is 0.508 e. The third kappa shape index (κ3) is 22.4. The van der Waals surface area contributed by atoms with Crippen molar-refractivity contribution in [2.75, 3.05) is 32.5 Å². The van der Waals surface area contributed by atoms with Crippen molar-refractivity contribution in [3.05, 3.63) is 176 Å². The molecule has 0 spiro atoms. The van der Waals surface area contributed by atoms with Gasteiger partial charge in [0.25, 0.3) is 0 Å². The molecular formula is C89H103Cl3N12O27S. The van der Waals surface area contributed by atoms with E-state index in [0.717, 1.165) is 65.2 Å². The highest BCUT2D eigenvalue weighted by atomic mass is 35.5. The van der Waals surface area contributed by atoms with Crippen LogP contribution in [0.4, 0.5) is 0 Å². The lowest BCUT2D eigenvalue weighted by molar-refractivity contribution is -0.334. The topological polar surface area (TPSA) is 616 Å². The number of halogens is 3. The van der Waals surface area contributed by atoms with Crippen LogP contribution in [-0.2, 0) is 73.4 Å². The summed E-state index contributed by atoms with van der Waals surface area (Å²) in [6, 6.07) is 14.2. The number of likely N-dealkylation sites (N-methyl/N-ethyl adjacent to an activating group) is 1. The minimum Gasteiger partial charge on any atom is -0.508 e. The minimum atomic E-state index is -2.44. The third-order valence-electron chi connectivity index (χ3n) is 23.6. The maximum absolute atomic E-state index is 16.7. The number of hydrogen-bond acceptors (Lipinski definition) is 32. The summed E-state index contributed by atoms with van der Waals surface area (Å²) < 4.78 is 53.2. The van der Waals surface area contributed by atoms with Crippen LogP contribution in [0.15, 0.2) is 127 Å². The number of benzene rings is 7. The van der Waals surface area contributed by atoms with E-state index in [1.807, 2.05) is 36.4 Å². The van der Waals surface area contributed by atoms with Crippen molar-refractivity contribution in [2.24, 2.45) is 17.2 Å². The molecule has 0 saturated carbocycles. The zero-order chi connectivity index (χ0) is 95.4. The second-order valence-corrected chi connectivity index (χ2v) is 35.8. The van der Waals surface area contributed by atoms with E-state index in [4.69, 9.17) is 89.9 Å².